The van der Waals surface area contributed by atoms with Crippen LogP contribution in [0.2, 0.25) is 0 Å². The molecule has 3 rings (SSSR count). The third-order valence-electron chi connectivity index (χ3n) is 2.86. The molecule has 0 aliphatic heterocycles. The van der Waals surface area contributed by atoms with Crippen LogP contribution < -0.4 is 5.73 Å². The smallest absolute Gasteiger partial charge is 0.209 e. The quantitative estimate of drug-likeness (QED) is 0.478. The van der Waals surface area contributed by atoms with E-state index in [1.165, 1.54) is 0 Å². The Morgan fingerprint density at radius 1 is 1.53 bits per heavy atom. The molecular weight excluding hydrogens is 262 g/mol. The first-order valence-corrected chi connectivity index (χ1v) is 6.93. The van der Waals surface area contributed by atoms with Gasteiger partial charge >= 0.3 is 0 Å². The van der Waals surface area contributed by atoms with Crippen LogP contribution in [-0.2, 0) is 5.75 Å². The van der Waals surface area contributed by atoms with Crippen LogP contribution >= 0.6 is 11.8 Å². The highest BCUT2D eigenvalue weighted by atomic mass is 32.2. The third-order valence-corrected chi connectivity index (χ3v) is 3.84. The van der Waals surface area contributed by atoms with Gasteiger partial charge in [0.2, 0.25) is 5.16 Å². The molecule has 0 unspecified atom stereocenters. The van der Waals surface area contributed by atoms with Gasteiger partial charge in [-0.2, -0.15) is 0 Å². The fraction of sp³-hybridized carbons (Fsp3) is 0.364. The maximum atomic E-state index is 7.51. The lowest BCUT2D eigenvalue weighted by atomic mass is 10.2. The number of amidine groups is 1. The van der Waals surface area contributed by atoms with Crippen molar-refractivity contribution in [1.82, 2.24) is 25.2 Å². The lowest BCUT2D eigenvalue weighted by Gasteiger charge is -2.06. The summed E-state index contributed by atoms with van der Waals surface area (Å²) in [5, 5.41) is 20.1. The van der Waals surface area contributed by atoms with Crippen LogP contribution in [-0.4, -0.2) is 31.0 Å². The minimum absolute atomic E-state index is 0.0158. The summed E-state index contributed by atoms with van der Waals surface area (Å²) < 4.78 is 1.87. The van der Waals surface area contributed by atoms with Gasteiger partial charge < -0.3 is 5.73 Å². The average Bonchev–Trinajstić information content (AvgIpc) is 3.15. The molecule has 0 atom stereocenters. The van der Waals surface area contributed by atoms with Crippen LogP contribution in [0.25, 0.3) is 0 Å². The number of nitrogens with zero attached hydrogens (tertiary/aromatic N) is 5. The van der Waals surface area contributed by atoms with Crippen LogP contribution in [0.4, 0.5) is 0 Å². The highest BCUT2D eigenvalue weighted by Crippen LogP contribution is 2.36. The zero-order valence-electron chi connectivity index (χ0n) is 10.2. The Hall–Kier alpha value is -1.96. The van der Waals surface area contributed by atoms with Crippen molar-refractivity contribution >= 4 is 17.6 Å². The van der Waals surface area contributed by atoms with Gasteiger partial charge in [0.05, 0.1) is 6.04 Å². The van der Waals surface area contributed by atoms with Crippen LogP contribution in [0.5, 0.6) is 0 Å². The van der Waals surface area contributed by atoms with Gasteiger partial charge in [-0.1, -0.05) is 17.8 Å². The number of tetrazole rings is 1. The second-order valence-corrected chi connectivity index (χ2v) is 5.29. The molecule has 98 valence electrons. The highest BCUT2D eigenvalue weighted by Gasteiger charge is 2.27. The van der Waals surface area contributed by atoms with Gasteiger partial charge in [-0.3, -0.25) is 10.4 Å². The van der Waals surface area contributed by atoms with E-state index in [1.54, 1.807) is 18.0 Å². The number of pyridine rings is 1. The molecule has 8 heteroatoms. The lowest BCUT2D eigenvalue weighted by molar-refractivity contribution is 0.565. The Labute approximate surface area is 114 Å². The van der Waals surface area contributed by atoms with Crippen molar-refractivity contribution in [2.75, 3.05) is 0 Å². The highest BCUT2D eigenvalue weighted by molar-refractivity contribution is 7.98. The maximum absolute atomic E-state index is 7.51. The van der Waals surface area contributed by atoms with Crippen LogP contribution in [0, 0.1) is 5.41 Å². The predicted molar refractivity (Wildman–Crippen MR) is 70.9 cm³/mol. The van der Waals surface area contributed by atoms with Crippen molar-refractivity contribution in [3.05, 3.63) is 29.6 Å². The number of hydrogen-bond donors (Lipinski definition) is 2. The monoisotopic (exact) mass is 275 g/mol. The first kappa shape index (κ1) is 12.1. The molecule has 3 N–H and O–H groups in total. The van der Waals surface area contributed by atoms with Gasteiger partial charge in [-0.25, -0.2) is 4.68 Å². The van der Waals surface area contributed by atoms with E-state index in [9.17, 15) is 0 Å². The maximum Gasteiger partial charge on any atom is 0.209 e. The zero-order valence-corrected chi connectivity index (χ0v) is 11.0. The van der Waals surface area contributed by atoms with Crippen molar-refractivity contribution in [3.8, 4) is 0 Å². The number of nitrogens with one attached hydrogen (secondary N) is 1. The Bertz CT molecular complexity index is 605. The summed E-state index contributed by atoms with van der Waals surface area (Å²) in [6, 6.07) is 4.22. The Morgan fingerprint density at radius 2 is 2.37 bits per heavy atom. The molecule has 2 heterocycles. The van der Waals surface area contributed by atoms with E-state index in [1.807, 2.05) is 16.8 Å². The molecule has 0 spiro atoms. The number of thioether (sulfide) groups is 1. The van der Waals surface area contributed by atoms with E-state index in [0.29, 0.717) is 17.5 Å². The molecule has 0 saturated heterocycles. The summed E-state index contributed by atoms with van der Waals surface area (Å²) in [6.45, 7) is 0. The van der Waals surface area contributed by atoms with Crippen molar-refractivity contribution in [3.63, 3.8) is 0 Å². The molecule has 0 amide bonds. The number of nitrogen functional groups attached to an aromatic ring is 1. The summed E-state index contributed by atoms with van der Waals surface area (Å²) in [5.41, 5.74) is 6.97. The third kappa shape index (κ3) is 2.58. The molecule has 2 aromatic rings. The summed E-state index contributed by atoms with van der Waals surface area (Å²) in [5.74, 6) is 0.633. The zero-order chi connectivity index (χ0) is 13.2. The van der Waals surface area contributed by atoms with E-state index in [4.69, 9.17) is 11.1 Å². The molecule has 1 saturated carbocycles. The van der Waals surface area contributed by atoms with Crippen LogP contribution in [0.15, 0.2) is 23.5 Å². The molecule has 1 fully saturated rings. The molecule has 19 heavy (non-hydrogen) atoms. The SMILES string of the molecule is N=C(N)c1ncccc1CSc1nnnn1C1CC1. The fourth-order valence-electron chi connectivity index (χ4n) is 1.77. The first-order valence-electron chi connectivity index (χ1n) is 5.94. The molecule has 0 aromatic carbocycles. The molecule has 1 aliphatic carbocycles. The predicted octanol–water partition coefficient (Wildman–Crippen LogP) is 0.979. The fourth-order valence-corrected chi connectivity index (χ4v) is 2.70. The van der Waals surface area contributed by atoms with E-state index >= 15 is 0 Å². The summed E-state index contributed by atoms with van der Waals surface area (Å²) >= 11 is 1.54. The minimum Gasteiger partial charge on any atom is -0.382 e. The summed E-state index contributed by atoms with van der Waals surface area (Å²) in [4.78, 5) is 4.13. The largest absolute Gasteiger partial charge is 0.382 e. The summed E-state index contributed by atoms with van der Waals surface area (Å²) in [6.07, 6.45) is 3.92. The van der Waals surface area contributed by atoms with Crippen molar-refractivity contribution in [2.45, 2.75) is 29.8 Å². The molecular formula is C11H13N7S. The number of hydrogen-bond acceptors (Lipinski definition) is 6. The molecule has 2 aromatic heterocycles. The Morgan fingerprint density at radius 3 is 3.11 bits per heavy atom. The molecule has 0 bridgehead atoms. The van der Waals surface area contributed by atoms with Gasteiger partial charge in [-0.15, -0.1) is 5.10 Å². The van der Waals surface area contributed by atoms with Gasteiger partial charge in [-0.05, 0) is 34.9 Å². The van der Waals surface area contributed by atoms with Crippen LogP contribution in [0.3, 0.4) is 0 Å². The van der Waals surface area contributed by atoms with Gasteiger partial charge in [0, 0.05) is 11.9 Å². The topological polar surface area (TPSA) is 106 Å². The number of nitrogens with two attached hydrogens (primary N) is 1. The number of aromatic nitrogens is 5. The molecule has 0 radical (unpaired) electrons. The summed E-state index contributed by atoms with van der Waals surface area (Å²) in [7, 11) is 0. The van der Waals surface area contributed by atoms with Gasteiger partial charge in [0.1, 0.15) is 11.5 Å². The van der Waals surface area contributed by atoms with Gasteiger partial charge in [0.25, 0.3) is 0 Å². The first-order chi connectivity index (χ1) is 9.25. The van der Waals surface area contributed by atoms with E-state index in [2.05, 4.69) is 20.5 Å². The average molecular weight is 275 g/mol. The minimum atomic E-state index is -0.0158. The van der Waals surface area contributed by atoms with Gasteiger partial charge in [0.15, 0.2) is 0 Å². The standard InChI is InChI=1S/C11H13N7S/c12-10(13)9-7(2-1-5-14-9)6-19-11-15-16-17-18(11)8-3-4-8/h1-2,5,8H,3-4,6H2,(H3,12,13). The number of rotatable bonds is 5. The molecule has 7 nitrogen and oxygen atoms in total. The van der Waals surface area contributed by atoms with Crippen LogP contribution in [0.1, 0.15) is 30.1 Å². The lowest BCUT2D eigenvalue weighted by Crippen LogP contribution is -2.15. The second kappa shape index (κ2) is 4.96. The van der Waals surface area contributed by atoms with Crippen molar-refractivity contribution in [1.29, 1.82) is 5.41 Å². The second-order valence-electron chi connectivity index (χ2n) is 4.35. The molecule has 1 aliphatic rings. The Balaban J connectivity index is 1.75. The van der Waals surface area contributed by atoms with E-state index in [-0.39, 0.29) is 5.84 Å². The van der Waals surface area contributed by atoms with E-state index < -0.39 is 0 Å². The van der Waals surface area contributed by atoms with E-state index in [0.717, 1.165) is 23.6 Å². The normalized spacial score (nSPS) is 14.5. The van der Waals surface area contributed by atoms with Crippen molar-refractivity contribution < 1.29 is 0 Å². The van der Waals surface area contributed by atoms with Crippen molar-refractivity contribution in [2.24, 2.45) is 5.73 Å². The Kier molecular flexibility index (Phi) is 3.16.